The molecule has 0 radical (unpaired) electrons. The van der Waals surface area contributed by atoms with E-state index in [0.29, 0.717) is 11.3 Å². The maximum atomic E-state index is 11.0. The van der Waals surface area contributed by atoms with Crippen LogP contribution in [0.1, 0.15) is 15.9 Å². The van der Waals surface area contributed by atoms with Crippen LogP contribution in [-0.4, -0.2) is 16.8 Å². The number of carbonyl (C=O) groups is 1. The van der Waals surface area contributed by atoms with Gasteiger partial charge in [-0.15, -0.1) is 0 Å². The second-order valence-electron chi connectivity index (χ2n) is 3.20. The lowest BCUT2D eigenvalue weighted by atomic mass is 10.0. The van der Waals surface area contributed by atoms with E-state index in [4.69, 9.17) is 5.11 Å². The number of benzene rings is 1. The normalized spacial score (nSPS) is 13.9. The van der Waals surface area contributed by atoms with Crippen LogP contribution in [-0.2, 0) is 0 Å². The first kappa shape index (κ1) is 10.2. The summed E-state index contributed by atoms with van der Waals surface area (Å²) < 4.78 is 0. The third-order valence-corrected chi connectivity index (χ3v) is 2.15. The van der Waals surface area contributed by atoms with E-state index in [1.165, 1.54) is 0 Å². The highest BCUT2D eigenvalue weighted by atomic mass is 16.4. The van der Waals surface area contributed by atoms with Gasteiger partial charge in [-0.1, -0.05) is 24.3 Å². The fourth-order valence-electron chi connectivity index (χ4n) is 1.43. The van der Waals surface area contributed by atoms with Crippen LogP contribution in [0.2, 0.25) is 0 Å². The Labute approximate surface area is 92.6 Å². The Bertz CT molecular complexity index is 501. The molecule has 0 aliphatic carbocycles. The van der Waals surface area contributed by atoms with Crippen LogP contribution >= 0.6 is 0 Å². The number of carboxylic acid groups (broad SMARTS) is 1. The van der Waals surface area contributed by atoms with Crippen molar-refractivity contribution in [3.05, 3.63) is 59.8 Å². The van der Waals surface area contributed by atoms with Gasteiger partial charge in [-0.2, -0.15) is 5.10 Å². The molecule has 80 valence electrons. The Morgan fingerprint density at radius 2 is 2.06 bits per heavy atom. The van der Waals surface area contributed by atoms with Crippen molar-refractivity contribution in [3.8, 4) is 0 Å². The molecule has 0 spiro atoms. The molecule has 1 heterocycles. The molecule has 1 aliphatic heterocycles. The van der Waals surface area contributed by atoms with Gasteiger partial charge >= 0.3 is 5.97 Å². The largest absolute Gasteiger partial charge is 0.478 e. The van der Waals surface area contributed by atoms with Crippen LogP contribution in [0.5, 0.6) is 0 Å². The predicted octanol–water partition coefficient (Wildman–Crippen LogP) is 1.76. The van der Waals surface area contributed by atoms with Crippen molar-refractivity contribution in [1.82, 2.24) is 5.43 Å². The summed E-state index contributed by atoms with van der Waals surface area (Å²) in [6.45, 7) is 0. The number of hydrazone groups is 1. The third-order valence-electron chi connectivity index (χ3n) is 2.15. The molecule has 0 atom stereocenters. The highest BCUT2D eigenvalue weighted by molar-refractivity contribution is 6.14. The van der Waals surface area contributed by atoms with Gasteiger partial charge in [0.15, 0.2) is 0 Å². The highest BCUT2D eigenvalue weighted by Crippen LogP contribution is 2.11. The molecule has 1 aromatic rings. The molecular formula is C12H10N2O2. The zero-order chi connectivity index (χ0) is 11.4. The van der Waals surface area contributed by atoms with Crippen molar-refractivity contribution < 1.29 is 9.90 Å². The second kappa shape index (κ2) is 4.44. The Morgan fingerprint density at radius 3 is 2.88 bits per heavy atom. The van der Waals surface area contributed by atoms with Crippen LogP contribution in [0.15, 0.2) is 53.8 Å². The summed E-state index contributed by atoms with van der Waals surface area (Å²) in [6.07, 6.45) is 7.03. The summed E-state index contributed by atoms with van der Waals surface area (Å²) in [7, 11) is 0. The van der Waals surface area contributed by atoms with Gasteiger partial charge in [0.2, 0.25) is 0 Å². The molecule has 4 heteroatoms. The van der Waals surface area contributed by atoms with E-state index in [-0.39, 0.29) is 5.56 Å². The number of nitrogens with one attached hydrogen (secondary N) is 1. The minimum absolute atomic E-state index is 0.245. The van der Waals surface area contributed by atoms with Crippen molar-refractivity contribution in [2.45, 2.75) is 0 Å². The van der Waals surface area contributed by atoms with Gasteiger partial charge in [0.1, 0.15) is 0 Å². The molecule has 16 heavy (non-hydrogen) atoms. The van der Waals surface area contributed by atoms with Crippen molar-refractivity contribution in [2.75, 3.05) is 0 Å². The Balaban J connectivity index is 2.48. The number of allylic oxidation sites excluding steroid dienone is 3. The molecule has 0 unspecified atom stereocenters. The average Bonchev–Trinajstić information content (AvgIpc) is 2.57. The van der Waals surface area contributed by atoms with Crippen LogP contribution in [0, 0.1) is 0 Å². The SMILES string of the molecule is O=C(O)c1ccccc1C1=NNC=CC=C1. The maximum Gasteiger partial charge on any atom is 0.336 e. The lowest BCUT2D eigenvalue weighted by Gasteiger charge is -2.04. The molecular weight excluding hydrogens is 204 g/mol. The van der Waals surface area contributed by atoms with Gasteiger partial charge in [0.05, 0.1) is 11.3 Å². The molecule has 1 aromatic carbocycles. The number of hydrogen-bond donors (Lipinski definition) is 2. The van der Waals surface area contributed by atoms with E-state index >= 15 is 0 Å². The fraction of sp³-hybridized carbons (Fsp3) is 0. The topological polar surface area (TPSA) is 61.7 Å². The van der Waals surface area contributed by atoms with Gasteiger partial charge in [-0.05, 0) is 18.2 Å². The number of hydrogen-bond acceptors (Lipinski definition) is 3. The Morgan fingerprint density at radius 1 is 1.25 bits per heavy atom. The molecule has 4 nitrogen and oxygen atoms in total. The summed E-state index contributed by atoms with van der Waals surface area (Å²) >= 11 is 0. The predicted molar refractivity (Wildman–Crippen MR) is 61.4 cm³/mol. The first-order valence-corrected chi connectivity index (χ1v) is 4.78. The van der Waals surface area contributed by atoms with Crippen molar-refractivity contribution >= 4 is 11.7 Å². The Kier molecular flexibility index (Phi) is 2.82. The van der Waals surface area contributed by atoms with Crippen molar-refractivity contribution in [2.24, 2.45) is 5.10 Å². The molecule has 0 amide bonds. The zero-order valence-corrected chi connectivity index (χ0v) is 8.42. The lowest BCUT2D eigenvalue weighted by Crippen LogP contribution is -2.09. The van der Waals surface area contributed by atoms with Crippen LogP contribution in [0.4, 0.5) is 0 Å². The molecule has 0 saturated carbocycles. The first-order chi connectivity index (χ1) is 7.79. The number of aromatic carboxylic acids is 1. The average molecular weight is 214 g/mol. The van der Waals surface area contributed by atoms with E-state index in [9.17, 15) is 4.79 Å². The highest BCUT2D eigenvalue weighted by Gasteiger charge is 2.12. The van der Waals surface area contributed by atoms with E-state index < -0.39 is 5.97 Å². The molecule has 0 saturated heterocycles. The summed E-state index contributed by atoms with van der Waals surface area (Å²) in [5.41, 5.74) is 4.16. The smallest absolute Gasteiger partial charge is 0.336 e. The van der Waals surface area contributed by atoms with Gasteiger partial charge in [-0.25, -0.2) is 4.79 Å². The molecule has 2 N–H and O–H groups in total. The van der Waals surface area contributed by atoms with Gasteiger partial charge < -0.3 is 5.11 Å². The fourth-order valence-corrected chi connectivity index (χ4v) is 1.43. The van der Waals surface area contributed by atoms with Crippen molar-refractivity contribution in [1.29, 1.82) is 0 Å². The van der Waals surface area contributed by atoms with Gasteiger partial charge in [-0.3, -0.25) is 5.43 Å². The van der Waals surface area contributed by atoms with Gasteiger partial charge in [0, 0.05) is 11.8 Å². The van der Waals surface area contributed by atoms with Crippen LogP contribution in [0.3, 0.4) is 0 Å². The van der Waals surface area contributed by atoms with Gasteiger partial charge in [0.25, 0.3) is 0 Å². The van der Waals surface area contributed by atoms with E-state index in [2.05, 4.69) is 10.5 Å². The zero-order valence-electron chi connectivity index (χ0n) is 8.42. The quantitative estimate of drug-likeness (QED) is 0.788. The maximum absolute atomic E-state index is 11.0. The number of carboxylic acids is 1. The van der Waals surface area contributed by atoms with Crippen LogP contribution in [0.25, 0.3) is 0 Å². The summed E-state index contributed by atoms with van der Waals surface area (Å²) in [5.74, 6) is -0.955. The summed E-state index contributed by atoms with van der Waals surface area (Å²) in [6, 6.07) is 6.78. The van der Waals surface area contributed by atoms with E-state index in [0.717, 1.165) is 0 Å². The minimum Gasteiger partial charge on any atom is -0.478 e. The van der Waals surface area contributed by atoms with Crippen molar-refractivity contribution in [3.63, 3.8) is 0 Å². The molecule has 0 bridgehead atoms. The third kappa shape index (κ3) is 2.00. The van der Waals surface area contributed by atoms with E-state index in [1.54, 1.807) is 48.7 Å². The van der Waals surface area contributed by atoms with Crippen LogP contribution < -0.4 is 5.43 Å². The number of nitrogens with zero attached hydrogens (tertiary/aromatic N) is 1. The summed E-state index contributed by atoms with van der Waals surface area (Å²) in [5, 5.41) is 13.1. The number of rotatable bonds is 2. The van der Waals surface area contributed by atoms with E-state index in [1.807, 2.05) is 0 Å². The monoisotopic (exact) mass is 214 g/mol. The molecule has 0 fully saturated rings. The standard InChI is InChI=1S/C12H10N2O2/c15-12(16)10-6-2-1-5-9(10)11-7-3-4-8-13-14-11/h1-8,13H,(H,15,16). The Hall–Kier alpha value is -2.36. The second-order valence-corrected chi connectivity index (χ2v) is 3.20. The lowest BCUT2D eigenvalue weighted by molar-refractivity contribution is 0.0696. The minimum atomic E-state index is -0.955. The summed E-state index contributed by atoms with van der Waals surface area (Å²) in [4.78, 5) is 11.0. The first-order valence-electron chi connectivity index (χ1n) is 4.78. The molecule has 0 aromatic heterocycles. The molecule has 1 aliphatic rings. The molecule has 2 rings (SSSR count).